The van der Waals surface area contributed by atoms with Gasteiger partial charge in [-0.15, -0.1) is 0 Å². The lowest BCUT2D eigenvalue weighted by molar-refractivity contribution is 1.05. The summed E-state index contributed by atoms with van der Waals surface area (Å²) < 4.78 is 0. The van der Waals surface area contributed by atoms with Gasteiger partial charge in [0.2, 0.25) is 0 Å². The number of H-pyrrole nitrogens is 2. The van der Waals surface area contributed by atoms with Crippen molar-refractivity contribution in [2.45, 2.75) is 0 Å². The average molecular weight is 214 g/mol. The van der Waals surface area contributed by atoms with E-state index in [2.05, 4.69) is 20.2 Å². The molecule has 6 heteroatoms. The third-order valence-corrected chi connectivity index (χ3v) is 2.44. The largest absolute Gasteiger partial charge is 0.326 e. The summed E-state index contributed by atoms with van der Waals surface area (Å²) in [5.41, 5.74) is -0.444. The Morgan fingerprint density at radius 2 is 1.75 bits per heavy atom. The summed E-state index contributed by atoms with van der Waals surface area (Å²) in [6.45, 7) is 0. The molecule has 0 aliphatic carbocycles. The Kier molecular flexibility index (Phi) is 1.64. The van der Waals surface area contributed by atoms with Crippen molar-refractivity contribution in [2.75, 3.05) is 0 Å². The van der Waals surface area contributed by atoms with Crippen LogP contribution in [0.4, 0.5) is 0 Å². The highest BCUT2D eigenvalue weighted by atomic mass is 16.2. The van der Waals surface area contributed by atoms with Gasteiger partial charge in [0.1, 0.15) is 0 Å². The molecule has 6 nitrogen and oxygen atoms in total. The Labute approximate surface area is 88.0 Å². The number of nitrogens with zero attached hydrogens (tertiary/aromatic N) is 2. The van der Waals surface area contributed by atoms with Crippen molar-refractivity contribution in [3.05, 3.63) is 45.4 Å². The van der Waals surface area contributed by atoms with Gasteiger partial charge in [0.05, 0.1) is 23.3 Å². The second-order valence-corrected chi connectivity index (χ2v) is 3.39. The van der Waals surface area contributed by atoms with Crippen molar-refractivity contribution in [2.24, 2.45) is 0 Å². The Bertz CT molecular complexity index is 803. The summed E-state index contributed by atoms with van der Waals surface area (Å²) in [5.74, 6) is 0. The number of aromatic nitrogens is 4. The topological polar surface area (TPSA) is 91.5 Å². The second-order valence-electron chi connectivity index (χ2n) is 3.39. The summed E-state index contributed by atoms with van der Waals surface area (Å²) in [5, 5.41) is 9.43. The first-order valence-electron chi connectivity index (χ1n) is 4.61. The minimum absolute atomic E-state index is 0.405. The molecule has 3 aromatic rings. The smallest absolute Gasteiger partial charge is 0.306 e. The molecule has 0 atom stereocenters. The van der Waals surface area contributed by atoms with Crippen LogP contribution in [-0.2, 0) is 0 Å². The van der Waals surface area contributed by atoms with Crippen LogP contribution in [0, 0.1) is 0 Å². The number of nitrogens with one attached hydrogen (secondary N) is 2. The molecule has 2 heterocycles. The fraction of sp³-hybridized carbons (Fsp3) is 0. The van der Waals surface area contributed by atoms with E-state index in [9.17, 15) is 9.59 Å². The number of hydrogen-bond acceptors (Lipinski definition) is 4. The van der Waals surface area contributed by atoms with E-state index in [-0.39, 0.29) is 0 Å². The van der Waals surface area contributed by atoms with Crippen molar-refractivity contribution in [1.29, 1.82) is 0 Å². The summed E-state index contributed by atoms with van der Waals surface area (Å²) >= 11 is 0. The van der Waals surface area contributed by atoms with Gasteiger partial charge in [0, 0.05) is 10.8 Å². The molecule has 0 saturated heterocycles. The fourth-order valence-corrected chi connectivity index (χ4v) is 1.71. The van der Waals surface area contributed by atoms with Gasteiger partial charge < -0.3 is 4.98 Å². The standard InChI is InChI=1S/C10H6N4O2/c15-9-6-2-1-5-3-11-12-4-7(5)8(6)13-10(16)14-9/h1-4H,(H2,13,14,15,16). The zero-order valence-electron chi connectivity index (χ0n) is 8.02. The lowest BCUT2D eigenvalue weighted by Gasteiger charge is -2.00. The van der Waals surface area contributed by atoms with Gasteiger partial charge in [-0.3, -0.25) is 9.78 Å². The van der Waals surface area contributed by atoms with Crippen LogP contribution in [0.25, 0.3) is 21.7 Å². The van der Waals surface area contributed by atoms with Crippen molar-refractivity contribution >= 4 is 21.7 Å². The zero-order valence-corrected chi connectivity index (χ0v) is 8.02. The maximum absolute atomic E-state index is 11.5. The molecule has 0 amide bonds. The number of fused-ring (bicyclic) bond motifs is 3. The molecule has 0 saturated carbocycles. The summed E-state index contributed by atoms with van der Waals surface area (Å²) in [4.78, 5) is 27.5. The van der Waals surface area contributed by atoms with Crippen LogP contribution in [0.15, 0.2) is 34.1 Å². The number of hydrogen-bond donors (Lipinski definition) is 2. The van der Waals surface area contributed by atoms with Gasteiger partial charge in [-0.05, 0) is 6.07 Å². The molecule has 0 spiro atoms. The zero-order chi connectivity index (χ0) is 11.1. The molecule has 1 aromatic carbocycles. The lowest BCUT2D eigenvalue weighted by Crippen LogP contribution is -2.21. The monoisotopic (exact) mass is 214 g/mol. The number of aromatic amines is 2. The quantitative estimate of drug-likeness (QED) is 0.521. The average Bonchev–Trinajstić information content (AvgIpc) is 2.28. The highest BCUT2D eigenvalue weighted by Crippen LogP contribution is 2.18. The lowest BCUT2D eigenvalue weighted by atomic mass is 10.1. The van der Waals surface area contributed by atoms with Gasteiger partial charge in [-0.25, -0.2) is 4.79 Å². The molecule has 0 fully saturated rings. The molecule has 78 valence electrons. The van der Waals surface area contributed by atoms with E-state index in [0.29, 0.717) is 16.3 Å². The molecular formula is C10H6N4O2. The van der Waals surface area contributed by atoms with Gasteiger partial charge in [0.15, 0.2) is 0 Å². The van der Waals surface area contributed by atoms with Crippen LogP contribution < -0.4 is 11.2 Å². The SMILES string of the molecule is O=c1[nH]c(=O)c2ccc3cnncc3c2[nH]1. The first kappa shape index (κ1) is 8.78. The summed E-state index contributed by atoms with van der Waals surface area (Å²) in [6, 6.07) is 3.41. The molecule has 0 aliphatic rings. The minimum Gasteiger partial charge on any atom is -0.306 e. The van der Waals surface area contributed by atoms with Crippen molar-refractivity contribution in [1.82, 2.24) is 20.2 Å². The molecule has 0 radical (unpaired) electrons. The number of rotatable bonds is 0. The maximum atomic E-state index is 11.5. The van der Waals surface area contributed by atoms with E-state index >= 15 is 0 Å². The maximum Gasteiger partial charge on any atom is 0.326 e. The minimum atomic E-state index is -0.526. The molecular weight excluding hydrogens is 208 g/mol. The highest BCUT2D eigenvalue weighted by Gasteiger charge is 2.04. The van der Waals surface area contributed by atoms with Gasteiger partial charge >= 0.3 is 5.69 Å². The normalized spacial score (nSPS) is 11.0. The van der Waals surface area contributed by atoms with Crippen molar-refractivity contribution < 1.29 is 0 Å². The molecule has 0 aliphatic heterocycles. The van der Waals surface area contributed by atoms with E-state index in [1.54, 1.807) is 18.3 Å². The fourth-order valence-electron chi connectivity index (χ4n) is 1.71. The third kappa shape index (κ3) is 1.13. The van der Waals surface area contributed by atoms with Gasteiger partial charge in [-0.1, -0.05) is 6.07 Å². The van der Waals surface area contributed by atoms with Crippen LogP contribution >= 0.6 is 0 Å². The van der Waals surface area contributed by atoms with Crippen LogP contribution in [0.3, 0.4) is 0 Å². The van der Waals surface area contributed by atoms with E-state index < -0.39 is 11.2 Å². The number of benzene rings is 1. The highest BCUT2D eigenvalue weighted by molar-refractivity contribution is 6.03. The van der Waals surface area contributed by atoms with Crippen LogP contribution in [-0.4, -0.2) is 20.2 Å². The van der Waals surface area contributed by atoms with Gasteiger partial charge in [0.25, 0.3) is 5.56 Å². The van der Waals surface area contributed by atoms with Crippen LogP contribution in [0.1, 0.15) is 0 Å². The molecule has 16 heavy (non-hydrogen) atoms. The first-order chi connectivity index (χ1) is 7.75. The molecule has 3 rings (SSSR count). The summed E-state index contributed by atoms with van der Waals surface area (Å²) in [7, 11) is 0. The van der Waals surface area contributed by atoms with E-state index in [0.717, 1.165) is 5.39 Å². The summed E-state index contributed by atoms with van der Waals surface area (Å²) in [6.07, 6.45) is 3.10. The van der Waals surface area contributed by atoms with E-state index in [1.807, 2.05) is 0 Å². The van der Waals surface area contributed by atoms with Gasteiger partial charge in [-0.2, -0.15) is 10.2 Å². The van der Waals surface area contributed by atoms with E-state index in [4.69, 9.17) is 0 Å². The Morgan fingerprint density at radius 3 is 2.62 bits per heavy atom. The third-order valence-electron chi connectivity index (χ3n) is 2.44. The van der Waals surface area contributed by atoms with Crippen molar-refractivity contribution in [3.8, 4) is 0 Å². The molecule has 2 N–H and O–H groups in total. The predicted octanol–water partition coefficient (Wildman–Crippen LogP) is 0.160. The molecule has 0 bridgehead atoms. The second kappa shape index (κ2) is 2.99. The molecule has 0 unspecified atom stereocenters. The Balaban J connectivity index is 2.70. The van der Waals surface area contributed by atoms with Crippen molar-refractivity contribution in [3.63, 3.8) is 0 Å². The van der Waals surface area contributed by atoms with Crippen LogP contribution in [0.2, 0.25) is 0 Å². The first-order valence-corrected chi connectivity index (χ1v) is 4.61. The van der Waals surface area contributed by atoms with Crippen LogP contribution in [0.5, 0.6) is 0 Å². The Hall–Kier alpha value is -2.50. The van der Waals surface area contributed by atoms with E-state index in [1.165, 1.54) is 6.20 Å². The molecule has 2 aromatic heterocycles. The predicted molar refractivity (Wildman–Crippen MR) is 58.3 cm³/mol. The Morgan fingerprint density at radius 1 is 0.938 bits per heavy atom.